The van der Waals surface area contributed by atoms with Crippen LogP contribution < -0.4 is 5.73 Å². The molecule has 0 aromatic heterocycles. The van der Waals surface area contributed by atoms with Gasteiger partial charge in [0.2, 0.25) is 0 Å². The number of hydrogen-bond donors (Lipinski definition) is 3. The average Bonchev–Trinajstić information content (AvgIpc) is 2.29. The molecule has 0 fully saturated rings. The van der Waals surface area contributed by atoms with Crippen molar-refractivity contribution >= 4 is 11.9 Å². The van der Waals surface area contributed by atoms with Crippen molar-refractivity contribution in [2.75, 3.05) is 6.61 Å². The third-order valence-corrected chi connectivity index (χ3v) is 1.98. The van der Waals surface area contributed by atoms with Crippen molar-refractivity contribution in [2.45, 2.75) is 6.23 Å². The number of carbonyl (C=O) groups is 2. The summed E-state index contributed by atoms with van der Waals surface area (Å²) in [5.74, 6) is -0.955. The van der Waals surface area contributed by atoms with Gasteiger partial charge in [0.1, 0.15) is 6.61 Å². The van der Waals surface area contributed by atoms with Crippen molar-refractivity contribution < 1.29 is 19.8 Å². The summed E-state index contributed by atoms with van der Waals surface area (Å²) >= 11 is 0. The van der Waals surface area contributed by atoms with E-state index in [-0.39, 0.29) is 0 Å². The van der Waals surface area contributed by atoms with Crippen molar-refractivity contribution in [3.8, 4) is 0 Å². The van der Waals surface area contributed by atoms with Crippen LogP contribution in [-0.4, -0.2) is 33.7 Å². The Morgan fingerprint density at radius 3 is 2.31 bits per heavy atom. The van der Waals surface area contributed by atoms with E-state index < -0.39 is 24.8 Å². The number of rotatable bonds is 3. The maximum absolute atomic E-state index is 11.2. The molecular weight excluding hydrogens is 212 g/mol. The van der Waals surface area contributed by atoms with Gasteiger partial charge in [0.15, 0.2) is 6.23 Å². The summed E-state index contributed by atoms with van der Waals surface area (Å²) in [5, 5.41) is 18.4. The predicted molar refractivity (Wildman–Crippen MR) is 54.9 cm³/mol. The van der Waals surface area contributed by atoms with Gasteiger partial charge in [-0.15, -0.1) is 0 Å². The Bertz CT molecular complexity index is 380. The molecule has 6 heteroatoms. The summed E-state index contributed by atoms with van der Waals surface area (Å²) in [6.07, 6.45) is -1.49. The number of nitrogens with zero attached hydrogens (tertiary/aromatic N) is 1. The number of imide groups is 1. The number of amides is 3. The van der Waals surface area contributed by atoms with Crippen LogP contribution in [0.3, 0.4) is 0 Å². The molecule has 1 rings (SSSR count). The maximum atomic E-state index is 11.2. The minimum Gasteiger partial charge on any atom is -0.387 e. The summed E-state index contributed by atoms with van der Waals surface area (Å²) in [5.41, 5.74) is 5.28. The van der Waals surface area contributed by atoms with Gasteiger partial charge in [-0.2, -0.15) is 0 Å². The highest BCUT2D eigenvalue weighted by Crippen LogP contribution is 2.17. The number of carbonyl (C=O) groups excluding carboxylic acids is 2. The average molecular weight is 224 g/mol. The van der Waals surface area contributed by atoms with Crippen molar-refractivity contribution in [3.63, 3.8) is 0 Å². The lowest BCUT2D eigenvalue weighted by molar-refractivity contribution is -0.139. The van der Waals surface area contributed by atoms with Crippen LogP contribution in [-0.2, 0) is 4.79 Å². The lowest BCUT2D eigenvalue weighted by Crippen LogP contribution is -2.44. The van der Waals surface area contributed by atoms with E-state index in [1.807, 2.05) is 0 Å². The fourth-order valence-electron chi connectivity index (χ4n) is 1.23. The Morgan fingerprint density at radius 1 is 1.31 bits per heavy atom. The molecule has 0 spiro atoms. The predicted octanol–water partition coefficient (Wildman–Crippen LogP) is -0.423. The molecule has 0 aliphatic carbocycles. The first-order valence-electron chi connectivity index (χ1n) is 4.53. The molecular formula is C10H12N2O4. The molecule has 0 bridgehead atoms. The highest BCUT2D eigenvalue weighted by atomic mass is 16.3. The number of aliphatic hydroxyl groups is 2. The molecule has 0 saturated carbocycles. The Hall–Kier alpha value is -1.92. The first-order valence-corrected chi connectivity index (χ1v) is 4.53. The van der Waals surface area contributed by atoms with Gasteiger partial charge in [0.25, 0.3) is 5.91 Å². The molecule has 0 aliphatic rings. The first kappa shape index (κ1) is 12.2. The Balaban J connectivity index is 2.96. The third-order valence-electron chi connectivity index (χ3n) is 1.98. The van der Waals surface area contributed by atoms with Crippen LogP contribution in [0.5, 0.6) is 0 Å². The second-order valence-corrected chi connectivity index (χ2v) is 3.04. The van der Waals surface area contributed by atoms with E-state index in [1.165, 1.54) is 12.1 Å². The van der Waals surface area contributed by atoms with Gasteiger partial charge in [-0.1, -0.05) is 30.3 Å². The molecule has 6 nitrogen and oxygen atoms in total. The van der Waals surface area contributed by atoms with Crippen molar-refractivity contribution in [3.05, 3.63) is 35.9 Å². The van der Waals surface area contributed by atoms with E-state index in [4.69, 9.17) is 10.8 Å². The second-order valence-electron chi connectivity index (χ2n) is 3.04. The van der Waals surface area contributed by atoms with Crippen molar-refractivity contribution in [1.29, 1.82) is 0 Å². The van der Waals surface area contributed by atoms with E-state index in [0.717, 1.165) is 0 Å². The highest BCUT2D eigenvalue weighted by Gasteiger charge is 2.26. The Morgan fingerprint density at radius 2 is 1.88 bits per heavy atom. The fourth-order valence-corrected chi connectivity index (χ4v) is 1.23. The van der Waals surface area contributed by atoms with Gasteiger partial charge in [-0.25, -0.2) is 9.69 Å². The minimum atomic E-state index is -1.49. The first-order chi connectivity index (χ1) is 7.57. The molecule has 1 atom stereocenters. The smallest absolute Gasteiger partial charge is 0.323 e. The van der Waals surface area contributed by atoms with Gasteiger partial charge >= 0.3 is 6.03 Å². The Kier molecular flexibility index (Phi) is 3.98. The standard InChI is InChI=1S/C10H12N2O4/c11-10(16)12(8(14)6-13)9(15)7-4-2-1-3-5-7/h1-5,9,13,15H,6H2,(H2,11,16). The summed E-state index contributed by atoms with van der Waals surface area (Å²) in [4.78, 5) is 22.6. The van der Waals surface area contributed by atoms with Crippen LogP contribution >= 0.6 is 0 Å². The van der Waals surface area contributed by atoms with E-state index in [2.05, 4.69) is 0 Å². The number of benzene rings is 1. The molecule has 86 valence electrons. The summed E-state index contributed by atoms with van der Waals surface area (Å²) in [7, 11) is 0. The zero-order valence-electron chi connectivity index (χ0n) is 8.41. The van der Waals surface area contributed by atoms with Crippen molar-refractivity contribution in [1.82, 2.24) is 4.90 Å². The molecule has 0 saturated heterocycles. The quantitative estimate of drug-likeness (QED) is 0.606. The topological polar surface area (TPSA) is 104 Å². The largest absolute Gasteiger partial charge is 0.387 e. The normalized spacial score (nSPS) is 11.9. The minimum absolute atomic E-state index is 0.336. The van der Waals surface area contributed by atoms with E-state index in [0.29, 0.717) is 10.5 Å². The van der Waals surface area contributed by atoms with E-state index in [1.54, 1.807) is 18.2 Å². The summed E-state index contributed by atoms with van der Waals surface area (Å²) in [6, 6.07) is 6.95. The summed E-state index contributed by atoms with van der Waals surface area (Å²) in [6.45, 7) is -0.896. The highest BCUT2D eigenvalue weighted by molar-refractivity contribution is 5.94. The molecule has 16 heavy (non-hydrogen) atoms. The van der Waals surface area contributed by atoms with Gasteiger partial charge in [-0.05, 0) is 0 Å². The third kappa shape index (κ3) is 2.56. The molecule has 0 aliphatic heterocycles. The van der Waals surface area contributed by atoms with Crippen LogP contribution in [0.4, 0.5) is 4.79 Å². The van der Waals surface area contributed by atoms with Crippen LogP contribution in [0, 0.1) is 0 Å². The lowest BCUT2D eigenvalue weighted by atomic mass is 10.2. The fraction of sp³-hybridized carbons (Fsp3) is 0.200. The second kappa shape index (κ2) is 5.24. The molecule has 0 radical (unpaired) electrons. The molecule has 1 unspecified atom stereocenters. The summed E-state index contributed by atoms with van der Waals surface area (Å²) < 4.78 is 0. The zero-order chi connectivity index (χ0) is 12.1. The number of primary amides is 1. The number of nitrogens with two attached hydrogens (primary N) is 1. The zero-order valence-corrected chi connectivity index (χ0v) is 8.41. The molecule has 0 heterocycles. The molecule has 3 amide bonds. The van der Waals surface area contributed by atoms with Gasteiger partial charge < -0.3 is 15.9 Å². The number of urea groups is 1. The van der Waals surface area contributed by atoms with Crippen LogP contribution in [0.25, 0.3) is 0 Å². The van der Waals surface area contributed by atoms with Crippen LogP contribution in [0.1, 0.15) is 11.8 Å². The lowest BCUT2D eigenvalue weighted by Gasteiger charge is -2.23. The maximum Gasteiger partial charge on any atom is 0.323 e. The van der Waals surface area contributed by atoms with Crippen LogP contribution in [0.2, 0.25) is 0 Å². The molecule has 1 aromatic carbocycles. The van der Waals surface area contributed by atoms with Gasteiger partial charge in [-0.3, -0.25) is 4.79 Å². The van der Waals surface area contributed by atoms with Gasteiger partial charge in [0, 0.05) is 5.56 Å². The van der Waals surface area contributed by atoms with Crippen LogP contribution in [0.15, 0.2) is 30.3 Å². The number of aliphatic hydroxyl groups excluding tert-OH is 2. The molecule has 4 N–H and O–H groups in total. The SMILES string of the molecule is NC(=O)N(C(=O)CO)C(O)c1ccccc1. The number of hydrogen-bond acceptors (Lipinski definition) is 4. The Labute approximate surface area is 91.9 Å². The van der Waals surface area contributed by atoms with E-state index in [9.17, 15) is 14.7 Å². The molecule has 1 aromatic rings. The van der Waals surface area contributed by atoms with Crippen molar-refractivity contribution in [2.24, 2.45) is 5.73 Å². The van der Waals surface area contributed by atoms with Gasteiger partial charge in [0.05, 0.1) is 0 Å². The monoisotopic (exact) mass is 224 g/mol. The van der Waals surface area contributed by atoms with E-state index >= 15 is 0 Å².